The van der Waals surface area contributed by atoms with E-state index in [1.807, 2.05) is 13.8 Å². The molecule has 1 aliphatic carbocycles. The fourth-order valence-corrected chi connectivity index (χ4v) is 2.84. The topological polar surface area (TPSA) is 78.4 Å². The summed E-state index contributed by atoms with van der Waals surface area (Å²) >= 11 is 0. The fourth-order valence-electron chi connectivity index (χ4n) is 2.84. The van der Waals surface area contributed by atoms with Gasteiger partial charge in [0.05, 0.1) is 5.92 Å². The molecule has 0 spiro atoms. The van der Waals surface area contributed by atoms with Gasteiger partial charge in [-0.2, -0.15) is 0 Å². The quantitative estimate of drug-likeness (QED) is 0.701. The largest absolute Gasteiger partial charge is 0.481 e. The molecular formula is C15H28N2O3. The number of rotatable bonds is 6. The van der Waals surface area contributed by atoms with E-state index in [1.54, 1.807) is 0 Å². The van der Waals surface area contributed by atoms with Crippen molar-refractivity contribution in [2.45, 2.75) is 58.9 Å². The lowest BCUT2D eigenvalue weighted by Crippen LogP contribution is -2.46. The van der Waals surface area contributed by atoms with Gasteiger partial charge in [0.25, 0.3) is 0 Å². The molecule has 5 nitrogen and oxygen atoms in total. The van der Waals surface area contributed by atoms with Gasteiger partial charge in [0, 0.05) is 12.6 Å². The minimum atomic E-state index is -0.857. The molecule has 5 heteroatoms. The van der Waals surface area contributed by atoms with Gasteiger partial charge in [-0.05, 0) is 24.7 Å². The van der Waals surface area contributed by atoms with Crippen molar-refractivity contribution in [2.75, 3.05) is 6.54 Å². The number of hydrogen-bond acceptors (Lipinski definition) is 2. The number of carboxylic acids is 1. The second kappa shape index (κ2) is 8.12. The fraction of sp³-hybridized carbons (Fsp3) is 0.867. The highest BCUT2D eigenvalue weighted by Crippen LogP contribution is 2.26. The number of carbonyl (C=O) groups is 2. The predicted molar refractivity (Wildman–Crippen MR) is 78.5 cm³/mol. The van der Waals surface area contributed by atoms with Crippen molar-refractivity contribution in [3.05, 3.63) is 0 Å². The highest BCUT2D eigenvalue weighted by molar-refractivity contribution is 5.76. The van der Waals surface area contributed by atoms with Crippen LogP contribution in [0, 0.1) is 17.8 Å². The van der Waals surface area contributed by atoms with E-state index in [9.17, 15) is 9.59 Å². The molecule has 0 heterocycles. The maximum absolute atomic E-state index is 11.8. The third kappa shape index (κ3) is 5.39. The minimum absolute atomic E-state index is 0.00644. The van der Waals surface area contributed by atoms with Crippen LogP contribution in [0.4, 0.5) is 4.79 Å². The van der Waals surface area contributed by atoms with Crippen LogP contribution < -0.4 is 10.6 Å². The number of nitrogens with one attached hydrogen (secondary N) is 2. The first-order valence-corrected chi connectivity index (χ1v) is 7.71. The second-order valence-corrected chi connectivity index (χ2v) is 6.18. The number of carboxylic acid groups (broad SMARTS) is 1. The van der Waals surface area contributed by atoms with Gasteiger partial charge in [-0.3, -0.25) is 4.79 Å². The van der Waals surface area contributed by atoms with Gasteiger partial charge >= 0.3 is 12.0 Å². The van der Waals surface area contributed by atoms with Crippen LogP contribution in [0.25, 0.3) is 0 Å². The van der Waals surface area contributed by atoms with Gasteiger partial charge < -0.3 is 15.7 Å². The summed E-state index contributed by atoms with van der Waals surface area (Å²) in [4.78, 5) is 22.9. The molecule has 1 aliphatic rings. The predicted octanol–water partition coefficient (Wildman–Crippen LogP) is 2.61. The first-order chi connectivity index (χ1) is 9.43. The number of carbonyl (C=O) groups excluding carboxylic acids is 1. The van der Waals surface area contributed by atoms with Crippen LogP contribution in [0.1, 0.15) is 52.9 Å². The van der Waals surface area contributed by atoms with Crippen LogP contribution >= 0.6 is 0 Å². The summed E-state index contributed by atoms with van der Waals surface area (Å²) in [7, 11) is 0. The smallest absolute Gasteiger partial charge is 0.315 e. The molecule has 0 radical (unpaired) electrons. The summed E-state index contributed by atoms with van der Waals surface area (Å²) in [6, 6.07) is -0.00492. The highest BCUT2D eigenvalue weighted by Gasteiger charge is 2.24. The van der Waals surface area contributed by atoms with Gasteiger partial charge in [-0.1, -0.05) is 40.0 Å². The Morgan fingerprint density at radius 2 is 2.00 bits per heavy atom. The average Bonchev–Trinajstić information content (AvgIpc) is 2.38. The Hall–Kier alpha value is -1.26. The number of aliphatic carboxylic acids is 1. The van der Waals surface area contributed by atoms with Crippen molar-refractivity contribution >= 4 is 12.0 Å². The van der Waals surface area contributed by atoms with Crippen LogP contribution in [0.3, 0.4) is 0 Å². The summed E-state index contributed by atoms with van der Waals surface area (Å²) in [6.07, 6.45) is 5.64. The van der Waals surface area contributed by atoms with Crippen LogP contribution in [0.15, 0.2) is 0 Å². The lowest BCUT2D eigenvalue weighted by Gasteiger charge is -2.29. The standard InChI is InChI=1S/C15H28N2O3/c1-4-11-6-5-7-12(8-11)17-15(20)16-9-13(10(2)3)14(18)19/h10-13H,4-9H2,1-3H3,(H,18,19)(H2,16,17,20). The first-order valence-electron chi connectivity index (χ1n) is 7.71. The Morgan fingerprint density at radius 1 is 1.30 bits per heavy atom. The summed E-state index contributed by atoms with van der Waals surface area (Å²) in [5, 5.41) is 14.7. The zero-order chi connectivity index (χ0) is 15.1. The van der Waals surface area contributed by atoms with E-state index in [1.165, 1.54) is 6.42 Å². The van der Waals surface area contributed by atoms with E-state index < -0.39 is 11.9 Å². The van der Waals surface area contributed by atoms with Gasteiger partial charge in [-0.15, -0.1) is 0 Å². The molecule has 0 aromatic rings. The van der Waals surface area contributed by atoms with E-state index in [4.69, 9.17) is 5.11 Å². The minimum Gasteiger partial charge on any atom is -0.481 e. The first kappa shape index (κ1) is 16.8. The zero-order valence-electron chi connectivity index (χ0n) is 12.8. The lowest BCUT2D eigenvalue weighted by molar-refractivity contribution is -0.142. The van der Waals surface area contributed by atoms with E-state index in [0.29, 0.717) is 5.92 Å². The molecule has 2 amide bonds. The summed E-state index contributed by atoms with van der Waals surface area (Å²) in [6.45, 7) is 6.08. The number of hydrogen-bond donors (Lipinski definition) is 3. The summed E-state index contributed by atoms with van der Waals surface area (Å²) in [5.74, 6) is -0.678. The monoisotopic (exact) mass is 284 g/mol. The SMILES string of the molecule is CCC1CCCC(NC(=O)NCC(C(=O)O)C(C)C)C1. The lowest BCUT2D eigenvalue weighted by atomic mass is 9.84. The molecule has 3 atom stereocenters. The second-order valence-electron chi connectivity index (χ2n) is 6.18. The van der Waals surface area contributed by atoms with Crippen molar-refractivity contribution in [1.82, 2.24) is 10.6 Å². The van der Waals surface area contributed by atoms with Gasteiger partial charge in [-0.25, -0.2) is 4.79 Å². The van der Waals surface area contributed by atoms with E-state index in [-0.39, 0.29) is 24.5 Å². The maximum Gasteiger partial charge on any atom is 0.315 e. The third-order valence-electron chi connectivity index (χ3n) is 4.30. The van der Waals surface area contributed by atoms with E-state index >= 15 is 0 Å². The number of urea groups is 1. The molecule has 116 valence electrons. The molecule has 1 saturated carbocycles. The highest BCUT2D eigenvalue weighted by atomic mass is 16.4. The Kier molecular flexibility index (Phi) is 6.82. The zero-order valence-corrected chi connectivity index (χ0v) is 12.8. The maximum atomic E-state index is 11.8. The van der Waals surface area contributed by atoms with Crippen LogP contribution in [-0.4, -0.2) is 29.7 Å². The molecular weight excluding hydrogens is 256 g/mol. The molecule has 0 saturated heterocycles. The normalized spacial score (nSPS) is 24.2. The van der Waals surface area contributed by atoms with Crippen molar-refractivity contribution in [1.29, 1.82) is 0 Å². The van der Waals surface area contributed by atoms with Crippen molar-refractivity contribution in [3.63, 3.8) is 0 Å². The van der Waals surface area contributed by atoms with Gasteiger partial charge in [0.1, 0.15) is 0 Å². The van der Waals surface area contributed by atoms with Crippen molar-refractivity contribution < 1.29 is 14.7 Å². The van der Waals surface area contributed by atoms with Crippen LogP contribution in [0.5, 0.6) is 0 Å². The summed E-state index contributed by atoms with van der Waals surface area (Å²) < 4.78 is 0. The Balaban J connectivity index is 2.34. The summed E-state index contributed by atoms with van der Waals surface area (Å²) in [5.41, 5.74) is 0. The van der Waals surface area contributed by atoms with E-state index in [0.717, 1.165) is 25.7 Å². The molecule has 3 unspecified atom stereocenters. The molecule has 0 bridgehead atoms. The Labute approximate surface area is 121 Å². The van der Waals surface area contributed by atoms with Crippen LogP contribution in [0.2, 0.25) is 0 Å². The third-order valence-corrected chi connectivity index (χ3v) is 4.30. The van der Waals surface area contributed by atoms with Gasteiger partial charge in [0.2, 0.25) is 0 Å². The average molecular weight is 284 g/mol. The van der Waals surface area contributed by atoms with E-state index in [2.05, 4.69) is 17.6 Å². The molecule has 20 heavy (non-hydrogen) atoms. The van der Waals surface area contributed by atoms with Crippen molar-refractivity contribution in [2.24, 2.45) is 17.8 Å². The molecule has 0 aromatic heterocycles. The molecule has 1 rings (SSSR count). The Bertz CT molecular complexity index is 331. The van der Waals surface area contributed by atoms with Crippen LogP contribution in [-0.2, 0) is 4.79 Å². The molecule has 0 aromatic carbocycles. The number of amides is 2. The van der Waals surface area contributed by atoms with Gasteiger partial charge in [0.15, 0.2) is 0 Å². The Morgan fingerprint density at radius 3 is 2.55 bits per heavy atom. The molecule has 3 N–H and O–H groups in total. The molecule has 0 aliphatic heterocycles. The van der Waals surface area contributed by atoms with Crippen molar-refractivity contribution in [3.8, 4) is 0 Å². The molecule has 1 fully saturated rings.